The van der Waals surface area contributed by atoms with Crippen molar-refractivity contribution in [3.63, 3.8) is 0 Å². The van der Waals surface area contributed by atoms with Crippen molar-refractivity contribution in [3.8, 4) is 11.5 Å². The second-order valence-electron chi connectivity index (χ2n) is 4.13. The van der Waals surface area contributed by atoms with E-state index >= 15 is 0 Å². The van der Waals surface area contributed by atoms with Crippen LogP contribution in [0.3, 0.4) is 0 Å². The zero-order chi connectivity index (χ0) is 12.4. The SMILES string of the molecule is CCCn1ccnc1-c1nnc(N)c(C)c1C. The molecule has 2 N–H and O–H groups in total. The highest BCUT2D eigenvalue weighted by Crippen LogP contribution is 2.23. The minimum Gasteiger partial charge on any atom is -0.382 e. The van der Waals surface area contributed by atoms with Crippen LogP contribution in [0.4, 0.5) is 5.82 Å². The number of aromatic nitrogens is 4. The third kappa shape index (κ3) is 2.00. The van der Waals surface area contributed by atoms with Crippen molar-refractivity contribution in [2.45, 2.75) is 33.7 Å². The van der Waals surface area contributed by atoms with Crippen LogP contribution in [-0.2, 0) is 6.54 Å². The molecular formula is C12H17N5. The number of imidazole rings is 1. The van der Waals surface area contributed by atoms with Gasteiger partial charge in [-0.3, -0.25) is 0 Å². The molecule has 2 heterocycles. The van der Waals surface area contributed by atoms with E-state index in [-0.39, 0.29) is 0 Å². The first-order chi connectivity index (χ1) is 8.15. The van der Waals surface area contributed by atoms with E-state index in [9.17, 15) is 0 Å². The maximum Gasteiger partial charge on any atom is 0.160 e. The number of nitrogens with two attached hydrogens (primary N) is 1. The molecule has 5 heteroatoms. The van der Waals surface area contributed by atoms with Gasteiger partial charge >= 0.3 is 0 Å². The Balaban J connectivity index is 2.53. The highest BCUT2D eigenvalue weighted by Gasteiger charge is 2.13. The van der Waals surface area contributed by atoms with Gasteiger partial charge in [-0.2, -0.15) is 0 Å². The minimum absolute atomic E-state index is 0.486. The van der Waals surface area contributed by atoms with Gasteiger partial charge in [0.25, 0.3) is 0 Å². The quantitative estimate of drug-likeness (QED) is 0.876. The molecule has 90 valence electrons. The predicted molar refractivity (Wildman–Crippen MR) is 67.4 cm³/mol. The van der Waals surface area contributed by atoms with Crippen LogP contribution in [0.5, 0.6) is 0 Å². The molecule has 0 aromatic carbocycles. The Hall–Kier alpha value is -1.91. The summed E-state index contributed by atoms with van der Waals surface area (Å²) in [4.78, 5) is 4.36. The molecule has 0 saturated carbocycles. The van der Waals surface area contributed by atoms with Crippen LogP contribution in [0.25, 0.3) is 11.5 Å². The van der Waals surface area contributed by atoms with E-state index in [0.717, 1.165) is 35.6 Å². The molecular weight excluding hydrogens is 214 g/mol. The van der Waals surface area contributed by atoms with E-state index in [1.54, 1.807) is 6.20 Å². The second kappa shape index (κ2) is 4.53. The summed E-state index contributed by atoms with van der Waals surface area (Å²) in [5.74, 6) is 1.35. The summed E-state index contributed by atoms with van der Waals surface area (Å²) in [6.07, 6.45) is 4.81. The molecule has 0 aliphatic rings. The molecule has 2 aromatic rings. The molecule has 2 aromatic heterocycles. The Labute approximate surface area is 101 Å². The van der Waals surface area contributed by atoms with Crippen molar-refractivity contribution in [1.82, 2.24) is 19.7 Å². The van der Waals surface area contributed by atoms with E-state index in [0.29, 0.717) is 5.82 Å². The van der Waals surface area contributed by atoms with E-state index < -0.39 is 0 Å². The summed E-state index contributed by atoms with van der Waals surface area (Å²) >= 11 is 0. The summed E-state index contributed by atoms with van der Waals surface area (Å²) in [6.45, 7) is 7.02. The lowest BCUT2D eigenvalue weighted by molar-refractivity contribution is 0.682. The third-order valence-corrected chi connectivity index (χ3v) is 2.95. The third-order valence-electron chi connectivity index (χ3n) is 2.95. The van der Waals surface area contributed by atoms with Crippen molar-refractivity contribution in [2.75, 3.05) is 5.73 Å². The molecule has 0 aliphatic carbocycles. The Morgan fingerprint density at radius 3 is 2.71 bits per heavy atom. The van der Waals surface area contributed by atoms with Gasteiger partial charge in [-0.05, 0) is 31.4 Å². The van der Waals surface area contributed by atoms with Crippen molar-refractivity contribution in [2.24, 2.45) is 0 Å². The first kappa shape index (κ1) is 11.6. The lowest BCUT2D eigenvalue weighted by Crippen LogP contribution is -2.06. The number of rotatable bonds is 3. The van der Waals surface area contributed by atoms with Crippen LogP contribution in [-0.4, -0.2) is 19.7 Å². The molecule has 0 saturated heterocycles. The average molecular weight is 231 g/mol. The van der Waals surface area contributed by atoms with E-state index in [1.807, 2.05) is 20.0 Å². The molecule has 0 atom stereocenters. The van der Waals surface area contributed by atoms with Crippen LogP contribution in [0.2, 0.25) is 0 Å². The zero-order valence-electron chi connectivity index (χ0n) is 10.4. The highest BCUT2D eigenvalue weighted by atomic mass is 15.2. The van der Waals surface area contributed by atoms with Gasteiger partial charge in [0.1, 0.15) is 11.5 Å². The largest absolute Gasteiger partial charge is 0.382 e. The van der Waals surface area contributed by atoms with Gasteiger partial charge in [0.2, 0.25) is 0 Å². The van der Waals surface area contributed by atoms with Crippen LogP contribution < -0.4 is 5.73 Å². The molecule has 0 radical (unpaired) electrons. The molecule has 0 spiro atoms. The number of nitrogens with zero attached hydrogens (tertiary/aromatic N) is 4. The first-order valence-electron chi connectivity index (χ1n) is 5.76. The second-order valence-corrected chi connectivity index (χ2v) is 4.13. The fourth-order valence-corrected chi connectivity index (χ4v) is 1.78. The standard InChI is InChI=1S/C12H17N5/c1-4-6-17-7-5-14-12(17)10-8(2)9(3)11(13)16-15-10/h5,7H,4,6H2,1-3H3,(H2,13,16). The molecule has 5 nitrogen and oxygen atoms in total. The van der Waals surface area contributed by atoms with Gasteiger partial charge in [-0.25, -0.2) is 4.98 Å². The van der Waals surface area contributed by atoms with Crippen LogP contribution in [0, 0.1) is 13.8 Å². The van der Waals surface area contributed by atoms with Gasteiger partial charge < -0.3 is 10.3 Å². The normalized spacial score (nSPS) is 10.8. The minimum atomic E-state index is 0.486. The van der Waals surface area contributed by atoms with Crippen molar-refractivity contribution in [1.29, 1.82) is 0 Å². The first-order valence-corrected chi connectivity index (χ1v) is 5.76. The van der Waals surface area contributed by atoms with Gasteiger partial charge in [0.15, 0.2) is 5.82 Å². The zero-order valence-corrected chi connectivity index (χ0v) is 10.4. The highest BCUT2D eigenvalue weighted by molar-refractivity contribution is 5.60. The molecule has 0 unspecified atom stereocenters. The van der Waals surface area contributed by atoms with Crippen LogP contribution >= 0.6 is 0 Å². The molecule has 0 aliphatic heterocycles. The number of aryl methyl sites for hydroxylation is 1. The predicted octanol–water partition coefficient (Wildman–Crippen LogP) is 1.95. The van der Waals surface area contributed by atoms with Crippen LogP contribution in [0.15, 0.2) is 12.4 Å². The fourth-order valence-electron chi connectivity index (χ4n) is 1.78. The molecule has 0 amide bonds. The van der Waals surface area contributed by atoms with Gasteiger partial charge in [-0.15, -0.1) is 10.2 Å². The summed E-state index contributed by atoms with van der Waals surface area (Å²) in [7, 11) is 0. The van der Waals surface area contributed by atoms with E-state index in [2.05, 4.69) is 26.7 Å². The Bertz CT molecular complexity index is 530. The number of nitrogen functional groups attached to an aromatic ring is 1. The summed E-state index contributed by atoms with van der Waals surface area (Å²) < 4.78 is 2.09. The average Bonchev–Trinajstić information content (AvgIpc) is 2.75. The molecule has 0 fully saturated rings. The maximum atomic E-state index is 5.74. The van der Waals surface area contributed by atoms with Gasteiger partial charge in [-0.1, -0.05) is 6.92 Å². The van der Waals surface area contributed by atoms with Gasteiger partial charge in [0.05, 0.1) is 0 Å². The summed E-state index contributed by atoms with van der Waals surface area (Å²) in [5, 5.41) is 8.14. The number of anilines is 1. The fraction of sp³-hybridized carbons (Fsp3) is 0.417. The molecule has 0 bridgehead atoms. The van der Waals surface area contributed by atoms with E-state index in [1.165, 1.54) is 0 Å². The monoisotopic (exact) mass is 231 g/mol. The summed E-state index contributed by atoms with van der Waals surface area (Å²) in [5.41, 5.74) is 8.57. The smallest absolute Gasteiger partial charge is 0.160 e. The topological polar surface area (TPSA) is 69.6 Å². The molecule has 17 heavy (non-hydrogen) atoms. The Morgan fingerprint density at radius 2 is 2.00 bits per heavy atom. The number of hydrogen-bond acceptors (Lipinski definition) is 4. The van der Waals surface area contributed by atoms with Crippen LogP contribution in [0.1, 0.15) is 24.5 Å². The van der Waals surface area contributed by atoms with Crippen molar-refractivity contribution >= 4 is 5.82 Å². The Morgan fingerprint density at radius 1 is 1.24 bits per heavy atom. The Kier molecular flexibility index (Phi) is 3.08. The maximum absolute atomic E-state index is 5.74. The van der Waals surface area contributed by atoms with Crippen molar-refractivity contribution < 1.29 is 0 Å². The lowest BCUT2D eigenvalue weighted by Gasteiger charge is -2.10. The summed E-state index contributed by atoms with van der Waals surface area (Å²) in [6, 6.07) is 0. The van der Waals surface area contributed by atoms with Crippen molar-refractivity contribution in [3.05, 3.63) is 23.5 Å². The number of hydrogen-bond donors (Lipinski definition) is 1. The lowest BCUT2D eigenvalue weighted by atomic mass is 10.1. The van der Waals surface area contributed by atoms with E-state index in [4.69, 9.17) is 5.73 Å². The molecule has 2 rings (SSSR count). The van der Waals surface area contributed by atoms with Gasteiger partial charge in [0, 0.05) is 18.9 Å².